The van der Waals surface area contributed by atoms with Gasteiger partial charge >= 0.3 is 5.97 Å². The van der Waals surface area contributed by atoms with E-state index in [9.17, 15) is 4.79 Å². The van der Waals surface area contributed by atoms with Gasteiger partial charge < -0.3 is 9.47 Å². The van der Waals surface area contributed by atoms with Crippen LogP contribution >= 0.6 is 0 Å². The second kappa shape index (κ2) is 5.61. The second-order valence-corrected chi connectivity index (χ2v) is 3.86. The SMILES string of the molecule is O=C(Cc1cccnc1)OCC1CCCO1. The van der Waals surface area contributed by atoms with Crippen LogP contribution in [0.15, 0.2) is 24.5 Å². The van der Waals surface area contributed by atoms with Gasteiger partial charge in [0.25, 0.3) is 0 Å². The molecule has 0 aromatic carbocycles. The number of aromatic nitrogens is 1. The van der Waals surface area contributed by atoms with E-state index in [1.54, 1.807) is 12.4 Å². The highest BCUT2D eigenvalue weighted by atomic mass is 16.6. The van der Waals surface area contributed by atoms with Gasteiger partial charge in [-0.3, -0.25) is 9.78 Å². The molecule has 1 fully saturated rings. The lowest BCUT2D eigenvalue weighted by Gasteiger charge is -2.09. The van der Waals surface area contributed by atoms with Gasteiger partial charge in [0.1, 0.15) is 6.61 Å². The van der Waals surface area contributed by atoms with Crippen LogP contribution in [0.4, 0.5) is 0 Å². The van der Waals surface area contributed by atoms with Crippen molar-refractivity contribution < 1.29 is 14.3 Å². The van der Waals surface area contributed by atoms with Crippen molar-refractivity contribution in [1.82, 2.24) is 4.98 Å². The third-order valence-electron chi connectivity index (χ3n) is 2.53. The van der Waals surface area contributed by atoms with Crippen molar-refractivity contribution in [2.75, 3.05) is 13.2 Å². The lowest BCUT2D eigenvalue weighted by molar-refractivity contribution is -0.146. The molecule has 0 aliphatic carbocycles. The molecule has 2 rings (SSSR count). The van der Waals surface area contributed by atoms with Gasteiger partial charge in [-0.15, -0.1) is 0 Å². The lowest BCUT2D eigenvalue weighted by atomic mass is 10.2. The zero-order valence-corrected chi connectivity index (χ0v) is 9.09. The molecule has 0 saturated carbocycles. The molecule has 0 N–H and O–H groups in total. The Morgan fingerprint density at radius 2 is 2.56 bits per heavy atom. The summed E-state index contributed by atoms with van der Waals surface area (Å²) in [5.41, 5.74) is 0.875. The van der Waals surface area contributed by atoms with Gasteiger partial charge in [-0.1, -0.05) is 6.07 Å². The molecule has 1 saturated heterocycles. The van der Waals surface area contributed by atoms with Gasteiger partial charge in [-0.05, 0) is 24.5 Å². The molecule has 4 nitrogen and oxygen atoms in total. The maximum atomic E-state index is 11.5. The molecule has 0 spiro atoms. The topological polar surface area (TPSA) is 48.4 Å². The average molecular weight is 221 g/mol. The summed E-state index contributed by atoms with van der Waals surface area (Å²) in [7, 11) is 0. The van der Waals surface area contributed by atoms with Crippen LogP contribution in [0.5, 0.6) is 0 Å². The summed E-state index contributed by atoms with van der Waals surface area (Å²) in [5, 5.41) is 0. The van der Waals surface area contributed by atoms with Crippen LogP contribution < -0.4 is 0 Å². The highest BCUT2D eigenvalue weighted by Gasteiger charge is 2.17. The molecule has 4 heteroatoms. The Bertz CT molecular complexity index is 333. The molecule has 2 heterocycles. The van der Waals surface area contributed by atoms with E-state index >= 15 is 0 Å². The van der Waals surface area contributed by atoms with Crippen molar-refractivity contribution >= 4 is 5.97 Å². The van der Waals surface area contributed by atoms with E-state index in [4.69, 9.17) is 9.47 Å². The van der Waals surface area contributed by atoms with Gasteiger partial charge in [-0.25, -0.2) is 0 Å². The van der Waals surface area contributed by atoms with Gasteiger partial charge in [0.2, 0.25) is 0 Å². The minimum atomic E-state index is -0.219. The second-order valence-electron chi connectivity index (χ2n) is 3.86. The van der Waals surface area contributed by atoms with Crippen molar-refractivity contribution in [1.29, 1.82) is 0 Å². The number of ether oxygens (including phenoxy) is 2. The quantitative estimate of drug-likeness (QED) is 0.720. The van der Waals surface area contributed by atoms with E-state index in [2.05, 4.69) is 4.98 Å². The van der Waals surface area contributed by atoms with E-state index < -0.39 is 0 Å². The summed E-state index contributed by atoms with van der Waals surface area (Å²) in [6.07, 6.45) is 5.78. The first kappa shape index (κ1) is 11.1. The van der Waals surface area contributed by atoms with Gasteiger partial charge in [0.05, 0.1) is 12.5 Å². The van der Waals surface area contributed by atoms with Crippen molar-refractivity contribution in [2.45, 2.75) is 25.4 Å². The predicted molar refractivity (Wildman–Crippen MR) is 57.9 cm³/mol. The van der Waals surface area contributed by atoms with E-state index in [0.29, 0.717) is 6.61 Å². The molecular weight excluding hydrogens is 206 g/mol. The molecular formula is C12H15NO3. The largest absolute Gasteiger partial charge is 0.463 e. The summed E-state index contributed by atoms with van der Waals surface area (Å²) in [6, 6.07) is 3.67. The monoisotopic (exact) mass is 221 g/mol. The number of hydrogen-bond donors (Lipinski definition) is 0. The lowest BCUT2D eigenvalue weighted by Crippen LogP contribution is -2.18. The molecule has 0 bridgehead atoms. The van der Waals surface area contributed by atoms with Crippen molar-refractivity contribution in [3.8, 4) is 0 Å². The third kappa shape index (κ3) is 3.31. The number of pyridine rings is 1. The molecule has 1 aromatic heterocycles. The normalized spacial score (nSPS) is 19.6. The van der Waals surface area contributed by atoms with Crippen molar-refractivity contribution in [3.63, 3.8) is 0 Å². The fourth-order valence-electron chi connectivity index (χ4n) is 1.68. The molecule has 16 heavy (non-hydrogen) atoms. The summed E-state index contributed by atoms with van der Waals surface area (Å²) < 4.78 is 10.5. The van der Waals surface area contributed by atoms with Gasteiger partial charge in [0, 0.05) is 19.0 Å². The summed E-state index contributed by atoms with van der Waals surface area (Å²) in [5.74, 6) is -0.219. The molecule has 1 aromatic rings. The van der Waals surface area contributed by atoms with E-state index in [-0.39, 0.29) is 18.5 Å². The highest BCUT2D eigenvalue weighted by molar-refractivity contribution is 5.72. The van der Waals surface area contributed by atoms with Crippen LogP contribution in [-0.4, -0.2) is 30.3 Å². The summed E-state index contributed by atoms with van der Waals surface area (Å²) in [6.45, 7) is 1.16. The van der Waals surface area contributed by atoms with E-state index in [0.717, 1.165) is 25.0 Å². The number of esters is 1. The minimum Gasteiger partial charge on any atom is -0.463 e. The summed E-state index contributed by atoms with van der Waals surface area (Å²) >= 11 is 0. The number of hydrogen-bond acceptors (Lipinski definition) is 4. The predicted octanol–water partition coefficient (Wildman–Crippen LogP) is 1.35. The van der Waals surface area contributed by atoms with Gasteiger partial charge in [0.15, 0.2) is 0 Å². The smallest absolute Gasteiger partial charge is 0.310 e. The first-order valence-corrected chi connectivity index (χ1v) is 5.51. The molecule has 1 aliphatic rings. The number of nitrogens with zero attached hydrogens (tertiary/aromatic N) is 1. The van der Waals surface area contributed by atoms with Gasteiger partial charge in [-0.2, -0.15) is 0 Å². The Balaban J connectivity index is 1.72. The highest BCUT2D eigenvalue weighted by Crippen LogP contribution is 2.12. The van der Waals surface area contributed by atoms with Crippen LogP contribution in [0, 0.1) is 0 Å². The Hall–Kier alpha value is -1.42. The standard InChI is InChI=1S/C12H15NO3/c14-12(7-10-3-1-5-13-8-10)16-9-11-4-2-6-15-11/h1,3,5,8,11H,2,4,6-7,9H2. The molecule has 86 valence electrons. The molecule has 1 aliphatic heterocycles. The Labute approximate surface area is 94.6 Å². The molecule has 1 unspecified atom stereocenters. The number of rotatable bonds is 4. The van der Waals surface area contributed by atoms with Crippen LogP contribution in [0.1, 0.15) is 18.4 Å². The number of carbonyl (C=O) groups excluding carboxylic acids is 1. The maximum Gasteiger partial charge on any atom is 0.310 e. The fourth-order valence-corrected chi connectivity index (χ4v) is 1.68. The Morgan fingerprint density at radius 1 is 1.62 bits per heavy atom. The molecule has 0 amide bonds. The maximum absolute atomic E-state index is 11.5. The van der Waals surface area contributed by atoms with Crippen molar-refractivity contribution in [2.24, 2.45) is 0 Å². The molecule has 0 radical (unpaired) electrons. The first-order valence-electron chi connectivity index (χ1n) is 5.51. The third-order valence-corrected chi connectivity index (χ3v) is 2.53. The molecule has 1 atom stereocenters. The van der Waals surface area contributed by atoms with Crippen LogP contribution in [-0.2, 0) is 20.7 Å². The van der Waals surface area contributed by atoms with E-state index in [1.165, 1.54) is 0 Å². The van der Waals surface area contributed by atoms with E-state index in [1.807, 2.05) is 12.1 Å². The van der Waals surface area contributed by atoms with Crippen molar-refractivity contribution in [3.05, 3.63) is 30.1 Å². The summed E-state index contributed by atoms with van der Waals surface area (Å²) in [4.78, 5) is 15.4. The van der Waals surface area contributed by atoms with Crippen LogP contribution in [0.3, 0.4) is 0 Å². The fraction of sp³-hybridized carbons (Fsp3) is 0.500. The Kier molecular flexibility index (Phi) is 3.88. The average Bonchev–Trinajstić information content (AvgIpc) is 2.81. The zero-order chi connectivity index (χ0) is 11.2. The van der Waals surface area contributed by atoms with Crippen LogP contribution in [0.25, 0.3) is 0 Å². The zero-order valence-electron chi connectivity index (χ0n) is 9.09. The Morgan fingerprint density at radius 3 is 3.25 bits per heavy atom. The minimum absolute atomic E-state index is 0.0952. The van der Waals surface area contributed by atoms with Crippen LogP contribution in [0.2, 0.25) is 0 Å². The first-order chi connectivity index (χ1) is 7.84. The number of carbonyl (C=O) groups is 1.